The molecule has 0 radical (unpaired) electrons. The Morgan fingerprint density at radius 1 is 1.08 bits per heavy atom. The van der Waals surface area contributed by atoms with Gasteiger partial charge in [-0.1, -0.05) is 19.3 Å². The summed E-state index contributed by atoms with van der Waals surface area (Å²) < 4.78 is 0. The van der Waals surface area contributed by atoms with Crippen molar-refractivity contribution in [2.24, 2.45) is 11.7 Å². The molecule has 1 aromatic rings. The van der Waals surface area contributed by atoms with Crippen LogP contribution < -0.4 is 16.4 Å². The van der Waals surface area contributed by atoms with Crippen LogP contribution in [0.25, 0.3) is 0 Å². The maximum atomic E-state index is 12.4. The summed E-state index contributed by atoms with van der Waals surface area (Å²) in [6.45, 7) is 1.92. The number of hydrogen-bond donors (Lipinski definition) is 3. The van der Waals surface area contributed by atoms with Gasteiger partial charge < -0.3 is 16.4 Å². The molecule has 5 nitrogen and oxygen atoms in total. The Morgan fingerprint density at radius 3 is 2.42 bits per heavy atom. The summed E-state index contributed by atoms with van der Waals surface area (Å²) in [7, 11) is 0. The zero-order chi connectivity index (χ0) is 17.8. The van der Waals surface area contributed by atoms with Gasteiger partial charge in [0, 0.05) is 29.3 Å². The quantitative estimate of drug-likeness (QED) is 0.747. The predicted octanol–water partition coefficient (Wildman–Crippen LogP) is 3.55. The number of hydrogen-bond acceptors (Lipinski definition) is 3. The van der Waals surface area contributed by atoms with Crippen LogP contribution in [0, 0.1) is 12.8 Å². The van der Waals surface area contributed by atoms with E-state index in [1.165, 1.54) is 19.3 Å². The van der Waals surface area contributed by atoms with Crippen molar-refractivity contribution in [2.75, 3.05) is 5.32 Å². The van der Waals surface area contributed by atoms with Crippen molar-refractivity contribution in [3.8, 4) is 0 Å². The molecule has 0 aromatic heterocycles. The highest BCUT2D eigenvalue weighted by atomic mass is 35.5. The summed E-state index contributed by atoms with van der Waals surface area (Å²) in [5.41, 5.74) is 8.23. The highest BCUT2D eigenvalue weighted by Gasteiger charge is 2.28. The van der Waals surface area contributed by atoms with E-state index in [1.54, 1.807) is 6.07 Å². The van der Waals surface area contributed by atoms with Crippen molar-refractivity contribution in [1.82, 2.24) is 5.32 Å². The van der Waals surface area contributed by atoms with Crippen molar-refractivity contribution >= 4 is 29.9 Å². The number of carbonyl (C=O) groups is 2. The molecule has 2 aliphatic rings. The molecule has 1 aromatic carbocycles. The summed E-state index contributed by atoms with van der Waals surface area (Å²) in [6.07, 6.45) is 8.33. The van der Waals surface area contributed by atoms with Crippen LogP contribution in [0.4, 0.5) is 5.69 Å². The van der Waals surface area contributed by atoms with E-state index < -0.39 is 0 Å². The third-order valence-corrected chi connectivity index (χ3v) is 5.53. The molecule has 6 heteroatoms. The van der Waals surface area contributed by atoms with E-state index in [1.807, 2.05) is 19.1 Å². The summed E-state index contributed by atoms with van der Waals surface area (Å²) in [5.74, 6) is 0.0220. The number of anilines is 1. The number of nitrogens with two attached hydrogens (primary N) is 1. The van der Waals surface area contributed by atoms with Gasteiger partial charge in [-0.15, -0.1) is 12.4 Å². The van der Waals surface area contributed by atoms with Crippen LogP contribution in [0.3, 0.4) is 0 Å². The third kappa shape index (κ3) is 5.21. The fourth-order valence-corrected chi connectivity index (χ4v) is 3.95. The molecule has 2 amide bonds. The molecule has 0 spiro atoms. The normalized spacial score (nSPS) is 23.2. The fourth-order valence-electron chi connectivity index (χ4n) is 3.95. The van der Waals surface area contributed by atoms with Gasteiger partial charge in [-0.25, -0.2) is 0 Å². The summed E-state index contributed by atoms with van der Waals surface area (Å²) in [5, 5.41) is 6.13. The van der Waals surface area contributed by atoms with Gasteiger partial charge in [0.05, 0.1) is 0 Å². The Hall–Kier alpha value is -1.59. The van der Waals surface area contributed by atoms with Crippen LogP contribution >= 0.6 is 12.4 Å². The SMILES string of the molecule is Cc1cc(C(=O)NC2CCCCC2)ccc1NC(=O)C1CCC(N)C1.Cl. The second-order valence-corrected chi connectivity index (χ2v) is 7.60. The lowest BCUT2D eigenvalue weighted by atomic mass is 9.95. The topological polar surface area (TPSA) is 84.2 Å². The van der Waals surface area contributed by atoms with Gasteiger partial charge >= 0.3 is 0 Å². The number of rotatable bonds is 4. The molecular weight excluding hydrogens is 350 g/mol. The van der Waals surface area contributed by atoms with Gasteiger partial charge in [0.25, 0.3) is 5.91 Å². The molecule has 26 heavy (non-hydrogen) atoms. The third-order valence-electron chi connectivity index (χ3n) is 5.53. The van der Waals surface area contributed by atoms with Crippen molar-refractivity contribution in [3.05, 3.63) is 29.3 Å². The molecule has 0 bridgehead atoms. The molecule has 2 unspecified atom stereocenters. The molecule has 2 atom stereocenters. The lowest BCUT2D eigenvalue weighted by molar-refractivity contribution is -0.119. The Balaban J connectivity index is 0.00000243. The maximum absolute atomic E-state index is 12.4. The Bertz CT molecular complexity index is 644. The average Bonchev–Trinajstić information content (AvgIpc) is 3.04. The van der Waals surface area contributed by atoms with Crippen LogP contribution in [0.15, 0.2) is 18.2 Å². The number of halogens is 1. The fraction of sp³-hybridized carbons (Fsp3) is 0.600. The first-order chi connectivity index (χ1) is 12.0. The lowest BCUT2D eigenvalue weighted by Gasteiger charge is -2.23. The van der Waals surface area contributed by atoms with Crippen LogP contribution in [-0.2, 0) is 4.79 Å². The first kappa shape index (κ1) is 20.7. The highest BCUT2D eigenvalue weighted by molar-refractivity contribution is 5.97. The maximum Gasteiger partial charge on any atom is 0.251 e. The number of nitrogens with one attached hydrogen (secondary N) is 2. The van der Waals surface area contributed by atoms with Gasteiger partial charge in [0.1, 0.15) is 0 Å². The highest BCUT2D eigenvalue weighted by Crippen LogP contribution is 2.26. The second kappa shape index (κ2) is 9.38. The molecule has 0 heterocycles. The molecule has 0 aliphatic heterocycles. The summed E-state index contributed by atoms with van der Waals surface area (Å²) >= 11 is 0. The first-order valence-electron chi connectivity index (χ1n) is 9.51. The van der Waals surface area contributed by atoms with Crippen molar-refractivity contribution in [1.29, 1.82) is 0 Å². The molecule has 144 valence electrons. The Labute approximate surface area is 161 Å². The molecule has 0 saturated heterocycles. The molecule has 2 fully saturated rings. The molecule has 3 rings (SSSR count). The zero-order valence-electron chi connectivity index (χ0n) is 15.4. The van der Waals surface area contributed by atoms with Gasteiger partial charge in [-0.2, -0.15) is 0 Å². The first-order valence-corrected chi connectivity index (χ1v) is 9.51. The van der Waals surface area contributed by atoms with E-state index in [-0.39, 0.29) is 36.2 Å². The van der Waals surface area contributed by atoms with E-state index >= 15 is 0 Å². The van der Waals surface area contributed by atoms with Crippen LogP contribution in [0.5, 0.6) is 0 Å². The number of aryl methyl sites for hydroxylation is 1. The van der Waals surface area contributed by atoms with E-state index in [2.05, 4.69) is 10.6 Å². The van der Waals surface area contributed by atoms with Crippen LogP contribution in [0.2, 0.25) is 0 Å². The van der Waals surface area contributed by atoms with Crippen molar-refractivity contribution < 1.29 is 9.59 Å². The van der Waals surface area contributed by atoms with Crippen LogP contribution in [-0.4, -0.2) is 23.9 Å². The lowest BCUT2D eigenvalue weighted by Crippen LogP contribution is -2.36. The molecule has 2 saturated carbocycles. The van der Waals surface area contributed by atoms with E-state index in [0.29, 0.717) is 11.6 Å². The standard InChI is InChI=1S/C20H29N3O2.ClH/c1-13-11-14(19(24)22-17-5-3-2-4-6-17)8-10-18(13)23-20(25)15-7-9-16(21)12-15;/h8,10-11,15-17H,2-7,9,12,21H2,1H3,(H,22,24)(H,23,25);1H. The zero-order valence-corrected chi connectivity index (χ0v) is 16.2. The number of amides is 2. The minimum Gasteiger partial charge on any atom is -0.349 e. The number of benzene rings is 1. The molecule has 4 N–H and O–H groups in total. The predicted molar refractivity (Wildman–Crippen MR) is 107 cm³/mol. The second-order valence-electron chi connectivity index (χ2n) is 7.60. The monoisotopic (exact) mass is 379 g/mol. The minimum absolute atomic E-state index is 0. The summed E-state index contributed by atoms with van der Waals surface area (Å²) in [6, 6.07) is 5.92. The Kier molecular flexibility index (Phi) is 7.47. The Morgan fingerprint density at radius 2 is 1.81 bits per heavy atom. The average molecular weight is 380 g/mol. The van der Waals surface area contributed by atoms with Gasteiger partial charge in [0.2, 0.25) is 5.91 Å². The van der Waals surface area contributed by atoms with Crippen molar-refractivity contribution in [2.45, 2.75) is 70.4 Å². The van der Waals surface area contributed by atoms with Crippen molar-refractivity contribution in [3.63, 3.8) is 0 Å². The summed E-state index contributed by atoms with van der Waals surface area (Å²) in [4.78, 5) is 24.8. The number of carbonyl (C=O) groups excluding carboxylic acids is 2. The van der Waals surface area contributed by atoms with Crippen LogP contribution in [0.1, 0.15) is 67.3 Å². The smallest absolute Gasteiger partial charge is 0.251 e. The molecule has 2 aliphatic carbocycles. The van der Waals surface area contributed by atoms with Gasteiger partial charge in [0.15, 0.2) is 0 Å². The van der Waals surface area contributed by atoms with E-state index in [9.17, 15) is 9.59 Å². The van der Waals surface area contributed by atoms with E-state index in [0.717, 1.165) is 43.4 Å². The molecular formula is C20H30ClN3O2. The van der Waals surface area contributed by atoms with E-state index in [4.69, 9.17) is 5.73 Å². The van der Waals surface area contributed by atoms with Gasteiger partial charge in [-0.3, -0.25) is 9.59 Å². The minimum atomic E-state index is -0.0188. The van der Waals surface area contributed by atoms with Gasteiger partial charge in [-0.05, 0) is 62.8 Å². The largest absolute Gasteiger partial charge is 0.349 e.